The van der Waals surface area contributed by atoms with E-state index in [-0.39, 0.29) is 11.9 Å². The van der Waals surface area contributed by atoms with Crippen LogP contribution in [0.3, 0.4) is 0 Å². The summed E-state index contributed by atoms with van der Waals surface area (Å²) < 4.78 is 1.66. The maximum absolute atomic E-state index is 12.5. The number of piperidine rings is 1. The van der Waals surface area contributed by atoms with Gasteiger partial charge in [0.05, 0.1) is 11.8 Å². The molecule has 2 aromatic heterocycles. The summed E-state index contributed by atoms with van der Waals surface area (Å²) in [6.07, 6.45) is 5.31. The summed E-state index contributed by atoms with van der Waals surface area (Å²) in [4.78, 5) is 21.2. The van der Waals surface area contributed by atoms with Crippen molar-refractivity contribution in [2.75, 3.05) is 25.0 Å². The van der Waals surface area contributed by atoms with Gasteiger partial charge in [-0.05, 0) is 31.9 Å². The van der Waals surface area contributed by atoms with Gasteiger partial charge in [0.1, 0.15) is 5.82 Å². The average molecular weight is 313 g/mol. The Bertz CT molecular complexity index is 688. The predicted molar refractivity (Wildman–Crippen MR) is 89.5 cm³/mol. The quantitative estimate of drug-likeness (QED) is 0.868. The molecule has 0 aliphatic carbocycles. The van der Waals surface area contributed by atoms with Gasteiger partial charge in [-0.25, -0.2) is 4.98 Å². The summed E-state index contributed by atoms with van der Waals surface area (Å²) in [6.45, 7) is 3.86. The van der Waals surface area contributed by atoms with Crippen LogP contribution < -0.4 is 4.90 Å². The van der Waals surface area contributed by atoms with Crippen LogP contribution in [-0.4, -0.2) is 51.8 Å². The smallest absolute Gasteiger partial charge is 0.257 e. The zero-order valence-electron chi connectivity index (χ0n) is 13.9. The highest BCUT2D eigenvalue weighted by atomic mass is 16.2. The minimum atomic E-state index is 0.0465. The molecule has 1 amide bonds. The van der Waals surface area contributed by atoms with Gasteiger partial charge in [0.15, 0.2) is 0 Å². The number of carbonyl (C=O) groups is 1. The number of rotatable bonds is 3. The van der Waals surface area contributed by atoms with Gasteiger partial charge in [0, 0.05) is 45.1 Å². The van der Waals surface area contributed by atoms with Crippen LogP contribution in [0, 0.1) is 6.92 Å². The molecule has 0 saturated carbocycles. The molecule has 1 aliphatic heterocycles. The van der Waals surface area contributed by atoms with E-state index in [2.05, 4.69) is 21.0 Å². The van der Waals surface area contributed by atoms with E-state index in [4.69, 9.17) is 0 Å². The van der Waals surface area contributed by atoms with Crippen molar-refractivity contribution in [2.24, 2.45) is 7.05 Å². The molecule has 3 rings (SSSR count). The van der Waals surface area contributed by atoms with Gasteiger partial charge in [0.2, 0.25) is 0 Å². The van der Waals surface area contributed by atoms with Crippen molar-refractivity contribution in [3.8, 4) is 0 Å². The third-order valence-electron chi connectivity index (χ3n) is 4.48. The van der Waals surface area contributed by atoms with Gasteiger partial charge in [0.25, 0.3) is 5.91 Å². The lowest BCUT2D eigenvalue weighted by Gasteiger charge is -2.37. The number of pyridine rings is 1. The molecule has 1 saturated heterocycles. The molecule has 0 radical (unpaired) electrons. The maximum atomic E-state index is 12.5. The molecule has 0 aromatic carbocycles. The first-order valence-electron chi connectivity index (χ1n) is 7.99. The summed E-state index contributed by atoms with van der Waals surface area (Å²) in [5, 5.41) is 4.08. The first-order chi connectivity index (χ1) is 11.0. The van der Waals surface area contributed by atoms with Crippen molar-refractivity contribution in [3.63, 3.8) is 0 Å². The highest BCUT2D eigenvalue weighted by molar-refractivity contribution is 5.93. The second-order valence-corrected chi connectivity index (χ2v) is 6.17. The minimum Gasteiger partial charge on any atom is -0.356 e. The summed E-state index contributed by atoms with van der Waals surface area (Å²) in [7, 11) is 3.71. The molecular weight excluding hydrogens is 290 g/mol. The zero-order chi connectivity index (χ0) is 16.4. The molecule has 0 N–H and O–H groups in total. The van der Waals surface area contributed by atoms with Gasteiger partial charge in [-0.1, -0.05) is 6.07 Å². The third kappa shape index (κ3) is 3.36. The van der Waals surface area contributed by atoms with E-state index in [1.54, 1.807) is 17.1 Å². The Morgan fingerprint density at radius 2 is 2.04 bits per heavy atom. The molecule has 6 nitrogen and oxygen atoms in total. The average Bonchev–Trinajstić information content (AvgIpc) is 3.00. The number of hydrogen-bond donors (Lipinski definition) is 0. The molecule has 6 heteroatoms. The lowest BCUT2D eigenvalue weighted by molar-refractivity contribution is 0.0709. The largest absolute Gasteiger partial charge is 0.356 e. The number of amides is 1. The van der Waals surface area contributed by atoms with Crippen LogP contribution in [0.2, 0.25) is 0 Å². The molecule has 0 spiro atoms. The van der Waals surface area contributed by atoms with Crippen LogP contribution >= 0.6 is 0 Å². The fourth-order valence-electron chi connectivity index (χ4n) is 3.09. The third-order valence-corrected chi connectivity index (χ3v) is 4.48. The molecule has 2 aromatic rings. The summed E-state index contributed by atoms with van der Waals surface area (Å²) in [5.41, 5.74) is 1.69. The van der Waals surface area contributed by atoms with Crippen LogP contribution in [0.5, 0.6) is 0 Å². The van der Waals surface area contributed by atoms with Crippen molar-refractivity contribution < 1.29 is 4.79 Å². The fourth-order valence-corrected chi connectivity index (χ4v) is 3.09. The monoisotopic (exact) mass is 313 g/mol. The SMILES string of the molecule is Cc1cccc(N2CCC(N(C)C(=O)c3cnn(C)c3)CC2)n1. The lowest BCUT2D eigenvalue weighted by atomic mass is 10.0. The summed E-state index contributed by atoms with van der Waals surface area (Å²) in [6, 6.07) is 6.37. The summed E-state index contributed by atoms with van der Waals surface area (Å²) >= 11 is 0. The maximum Gasteiger partial charge on any atom is 0.257 e. The van der Waals surface area contributed by atoms with Gasteiger partial charge in [-0.3, -0.25) is 9.48 Å². The van der Waals surface area contributed by atoms with E-state index in [1.807, 2.05) is 38.1 Å². The summed E-state index contributed by atoms with van der Waals surface area (Å²) in [5.74, 6) is 1.08. The van der Waals surface area contributed by atoms with Crippen LogP contribution in [-0.2, 0) is 7.05 Å². The second kappa shape index (κ2) is 6.40. The molecule has 23 heavy (non-hydrogen) atoms. The van der Waals surface area contributed by atoms with E-state index in [0.29, 0.717) is 5.56 Å². The molecule has 1 aliphatic rings. The molecule has 122 valence electrons. The number of anilines is 1. The number of nitrogens with zero attached hydrogens (tertiary/aromatic N) is 5. The normalized spacial score (nSPS) is 15.7. The lowest BCUT2D eigenvalue weighted by Crippen LogP contribution is -2.45. The van der Waals surface area contributed by atoms with Crippen LogP contribution in [0.4, 0.5) is 5.82 Å². The Hall–Kier alpha value is -2.37. The van der Waals surface area contributed by atoms with E-state index < -0.39 is 0 Å². The van der Waals surface area contributed by atoms with E-state index >= 15 is 0 Å². The molecule has 3 heterocycles. The van der Waals surface area contributed by atoms with E-state index in [0.717, 1.165) is 37.4 Å². The van der Waals surface area contributed by atoms with Crippen molar-refractivity contribution in [1.82, 2.24) is 19.7 Å². The highest BCUT2D eigenvalue weighted by Crippen LogP contribution is 2.21. The van der Waals surface area contributed by atoms with Gasteiger partial charge in [-0.15, -0.1) is 0 Å². The minimum absolute atomic E-state index is 0.0465. The molecule has 1 fully saturated rings. The second-order valence-electron chi connectivity index (χ2n) is 6.17. The number of hydrogen-bond acceptors (Lipinski definition) is 4. The number of carbonyl (C=O) groups excluding carboxylic acids is 1. The Balaban J connectivity index is 1.61. The zero-order valence-corrected chi connectivity index (χ0v) is 13.9. The fraction of sp³-hybridized carbons (Fsp3) is 0.471. The Labute approximate surface area is 136 Å². The van der Waals surface area contributed by atoms with Gasteiger partial charge in [-0.2, -0.15) is 5.10 Å². The molecule has 0 atom stereocenters. The van der Waals surface area contributed by atoms with E-state index in [1.165, 1.54) is 0 Å². The highest BCUT2D eigenvalue weighted by Gasteiger charge is 2.27. The van der Waals surface area contributed by atoms with Crippen molar-refractivity contribution in [2.45, 2.75) is 25.8 Å². The molecular formula is C17H23N5O. The Morgan fingerprint density at radius 1 is 1.30 bits per heavy atom. The van der Waals surface area contributed by atoms with Crippen LogP contribution in [0.1, 0.15) is 28.9 Å². The van der Waals surface area contributed by atoms with Gasteiger partial charge >= 0.3 is 0 Å². The number of aryl methyl sites for hydroxylation is 2. The van der Waals surface area contributed by atoms with Crippen LogP contribution in [0.15, 0.2) is 30.6 Å². The Morgan fingerprint density at radius 3 is 2.65 bits per heavy atom. The Kier molecular flexibility index (Phi) is 4.32. The number of aromatic nitrogens is 3. The first kappa shape index (κ1) is 15.5. The topological polar surface area (TPSA) is 54.3 Å². The van der Waals surface area contributed by atoms with Crippen molar-refractivity contribution in [3.05, 3.63) is 41.9 Å². The molecule has 0 unspecified atom stereocenters. The van der Waals surface area contributed by atoms with Crippen molar-refractivity contribution >= 4 is 11.7 Å². The first-order valence-corrected chi connectivity index (χ1v) is 7.99. The van der Waals surface area contributed by atoms with Crippen molar-refractivity contribution in [1.29, 1.82) is 0 Å². The van der Waals surface area contributed by atoms with Crippen LogP contribution in [0.25, 0.3) is 0 Å². The standard InChI is InChI=1S/C17H23N5O/c1-13-5-4-6-16(19-13)22-9-7-15(8-10-22)21(3)17(23)14-11-18-20(2)12-14/h4-6,11-12,15H,7-10H2,1-3H3. The van der Waals surface area contributed by atoms with E-state index in [9.17, 15) is 4.79 Å². The predicted octanol–water partition coefficient (Wildman–Crippen LogP) is 1.86. The molecule has 0 bridgehead atoms. The van der Waals surface area contributed by atoms with Gasteiger partial charge < -0.3 is 9.80 Å².